The van der Waals surface area contributed by atoms with Gasteiger partial charge in [-0.25, -0.2) is 4.98 Å². The molecule has 4 rings (SSSR count). The molecule has 0 saturated heterocycles. The molecule has 3 aromatic rings. The molecule has 1 aliphatic rings. The van der Waals surface area contributed by atoms with Crippen molar-refractivity contribution in [1.29, 1.82) is 0 Å². The highest BCUT2D eigenvalue weighted by Gasteiger charge is 2.16. The van der Waals surface area contributed by atoms with Gasteiger partial charge in [0.1, 0.15) is 12.4 Å². The molecule has 0 N–H and O–H groups in total. The number of para-hydroxylation sites is 1. The molecule has 160 valence electrons. The number of amides is 1. The molecule has 1 aliphatic heterocycles. The molecule has 0 saturated carbocycles. The molecule has 7 heteroatoms. The van der Waals surface area contributed by atoms with Gasteiger partial charge in [-0.2, -0.15) is 0 Å². The number of aryl methyl sites for hydroxylation is 1. The topological polar surface area (TPSA) is 60.9 Å². The van der Waals surface area contributed by atoms with Gasteiger partial charge >= 0.3 is 0 Å². The van der Waals surface area contributed by atoms with E-state index in [1.165, 1.54) is 0 Å². The lowest BCUT2D eigenvalue weighted by molar-refractivity contribution is -0.126. The van der Waals surface area contributed by atoms with Crippen molar-refractivity contribution in [3.63, 3.8) is 0 Å². The second-order valence-corrected chi connectivity index (χ2v) is 8.12. The van der Waals surface area contributed by atoms with Crippen LogP contribution >= 0.6 is 11.3 Å². The third kappa shape index (κ3) is 5.24. The van der Waals surface area contributed by atoms with E-state index in [4.69, 9.17) is 14.2 Å². The van der Waals surface area contributed by atoms with Crippen LogP contribution in [0.1, 0.15) is 28.8 Å². The number of hydrogen-bond donors (Lipinski definition) is 0. The number of benzene rings is 2. The number of likely N-dealkylation sites (N-methyl/N-ethyl adjacent to an activating group) is 1. The minimum absolute atomic E-state index is 0.0647. The second-order valence-electron chi connectivity index (χ2n) is 7.06. The molecule has 31 heavy (non-hydrogen) atoms. The Morgan fingerprint density at radius 1 is 1.23 bits per heavy atom. The average molecular weight is 437 g/mol. The van der Waals surface area contributed by atoms with E-state index < -0.39 is 0 Å². The Hall–Kier alpha value is -3.32. The number of ether oxygens (including phenoxy) is 3. The molecule has 2 heterocycles. The van der Waals surface area contributed by atoms with Gasteiger partial charge in [-0.05, 0) is 43.7 Å². The van der Waals surface area contributed by atoms with Crippen molar-refractivity contribution in [2.45, 2.75) is 27.0 Å². The summed E-state index contributed by atoms with van der Waals surface area (Å²) in [7, 11) is 0. The maximum absolute atomic E-state index is 12.8. The van der Waals surface area contributed by atoms with Crippen LogP contribution < -0.4 is 14.2 Å². The van der Waals surface area contributed by atoms with Gasteiger partial charge in [0.05, 0.1) is 10.7 Å². The first-order chi connectivity index (χ1) is 15.1. The lowest BCUT2D eigenvalue weighted by Gasteiger charge is -2.19. The summed E-state index contributed by atoms with van der Waals surface area (Å²) in [4.78, 5) is 19.0. The SMILES string of the molecule is CCN(Cc1ccc2c(c1)OCO2)C(=O)/C=C/c1ccccc1OCc1csc(C)n1. The fourth-order valence-corrected chi connectivity index (χ4v) is 3.84. The number of carbonyl (C=O) groups excluding carboxylic acids is 1. The van der Waals surface area contributed by atoms with Crippen molar-refractivity contribution in [3.05, 3.63) is 75.7 Å². The molecule has 1 aromatic heterocycles. The zero-order valence-electron chi connectivity index (χ0n) is 17.5. The Kier molecular flexibility index (Phi) is 6.52. The minimum Gasteiger partial charge on any atom is -0.487 e. The molecular formula is C24H24N2O4S. The first kappa shape index (κ1) is 20.9. The Balaban J connectivity index is 1.41. The lowest BCUT2D eigenvalue weighted by atomic mass is 10.1. The lowest BCUT2D eigenvalue weighted by Crippen LogP contribution is -2.28. The molecule has 0 spiro atoms. The van der Waals surface area contributed by atoms with Crippen LogP contribution in [-0.2, 0) is 17.9 Å². The first-order valence-electron chi connectivity index (χ1n) is 10.1. The molecule has 0 aliphatic carbocycles. The van der Waals surface area contributed by atoms with Crippen molar-refractivity contribution in [1.82, 2.24) is 9.88 Å². The van der Waals surface area contributed by atoms with Crippen molar-refractivity contribution >= 4 is 23.3 Å². The molecule has 6 nitrogen and oxygen atoms in total. The van der Waals surface area contributed by atoms with E-state index in [9.17, 15) is 4.79 Å². The molecule has 2 aromatic carbocycles. The van der Waals surface area contributed by atoms with E-state index in [0.29, 0.717) is 19.7 Å². The van der Waals surface area contributed by atoms with Gasteiger partial charge in [0, 0.05) is 30.1 Å². The van der Waals surface area contributed by atoms with Gasteiger partial charge in [-0.1, -0.05) is 24.3 Å². The van der Waals surface area contributed by atoms with Crippen LogP contribution in [0.4, 0.5) is 0 Å². The zero-order chi connectivity index (χ0) is 21.6. The summed E-state index contributed by atoms with van der Waals surface area (Å²) in [5.41, 5.74) is 2.75. The number of nitrogens with zero attached hydrogens (tertiary/aromatic N) is 2. The van der Waals surface area contributed by atoms with Gasteiger partial charge < -0.3 is 19.1 Å². The molecule has 0 atom stereocenters. The van der Waals surface area contributed by atoms with E-state index in [1.807, 2.05) is 61.7 Å². The third-order valence-corrected chi connectivity index (χ3v) is 5.69. The smallest absolute Gasteiger partial charge is 0.246 e. The van der Waals surface area contributed by atoms with Crippen molar-refractivity contribution in [2.75, 3.05) is 13.3 Å². The fourth-order valence-electron chi connectivity index (χ4n) is 3.25. The number of fused-ring (bicyclic) bond motifs is 1. The Labute approximate surface area is 185 Å². The van der Waals surface area contributed by atoms with Crippen molar-refractivity contribution < 1.29 is 19.0 Å². The standard InChI is InChI=1S/C24H24N2O4S/c1-3-26(13-18-8-10-22-23(12-18)30-16-29-22)24(27)11-9-19-6-4-5-7-21(19)28-14-20-15-31-17(2)25-20/h4-12,15H,3,13-14,16H2,1-2H3/b11-9+. The average Bonchev–Trinajstić information content (AvgIpc) is 3.43. The van der Waals surface area contributed by atoms with Crippen LogP contribution in [0.5, 0.6) is 17.2 Å². The van der Waals surface area contributed by atoms with Gasteiger partial charge in [-0.15, -0.1) is 11.3 Å². The summed E-state index contributed by atoms with van der Waals surface area (Å²) in [6.07, 6.45) is 3.39. The highest BCUT2D eigenvalue weighted by molar-refractivity contribution is 7.09. The monoisotopic (exact) mass is 436 g/mol. The minimum atomic E-state index is -0.0647. The summed E-state index contributed by atoms with van der Waals surface area (Å²) < 4.78 is 16.7. The Morgan fingerprint density at radius 2 is 2.06 bits per heavy atom. The van der Waals surface area contributed by atoms with E-state index in [1.54, 1.807) is 28.4 Å². The zero-order valence-corrected chi connectivity index (χ0v) is 18.4. The van der Waals surface area contributed by atoms with E-state index >= 15 is 0 Å². The number of aromatic nitrogens is 1. The molecular weight excluding hydrogens is 412 g/mol. The summed E-state index contributed by atoms with van der Waals surface area (Å²) in [5.74, 6) is 2.11. The highest BCUT2D eigenvalue weighted by atomic mass is 32.1. The summed E-state index contributed by atoms with van der Waals surface area (Å²) in [6.45, 7) is 5.66. The maximum atomic E-state index is 12.8. The normalized spacial score (nSPS) is 12.3. The first-order valence-corrected chi connectivity index (χ1v) is 11.0. The quantitative estimate of drug-likeness (QED) is 0.474. The molecule has 0 fully saturated rings. The van der Waals surface area contributed by atoms with E-state index in [0.717, 1.165) is 39.1 Å². The number of thiazole rings is 1. The van der Waals surface area contributed by atoms with Gasteiger partial charge in [-0.3, -0.25) is 4.79 Å². The van der Waals surface area contributed by atoms with Crippen LogP contribution in [0.3, 0.4) is 0 Å². The maximum Gasteiger partial charge on any atom is 0.246 e. The number of carbonyl (C=O) groups is 1. The van der Waals surface area contributed by atoms with Crippen LogP contribution in [0.15, 0.2) is 53.9 Å². The van der Waals surface area contributed by atoms with Crippen LogP contribution in [0.2, 0.25) is 0 Å². The predicted molar refractivity (Wildman–Crippen MR) is 120 cm³/mol. The van der Waals surface area contributed by atoms with Crippen LogP contribution in [0, 0.1) is 6.92 Å². The fraction of sp³-hybridized carbons (Fsp3) is 0.250. The van der Waals surface area contributed by atoms with E-state index in [2.05, 4.69) is 4.98 Å². The predicted octanol–water partition coefficient (Wildman–Crippen LogP) is 4.82. The Morgan fingerprint density at radius 3 is 2.87 bits per heavy atom. The van der Waals surface area contributed by atoms with Crippen LogP contribution in [0.25, 0.3) is 6.08 Å². The second kappa shape index (κ2) is 9.66. The summed E-state index contributed by atoms with van der Waals surface area (Å²) in [5, 5.41) is 3.01. The van der Waals surface area contributed by atoms with Gasteiger partial charge in [0.2, 0.25) is 12.7 Å². The molecule has 0 radical (unpaired) electrons. The highest BCUT2D eigenvalue weighted by Crippen LogP contribution is 2.32. The molecule has 1 amide bonds. The summed E-state index contributed by atoms with van der Waals surface area (Å²) in [6, 6.07) is 13.4. The van der Waals surface area contributed by atoms with Gasteiger partial charge in [0.25, 0.3) is 0 Å². The molecule has 0 unspecified atom stereocenters. The summed E-state index contributed by atoms with van der Waals surface area (Å²) >= 11 is 1.60. The van der Waals surface area contributed by atoms with Crippen molar-refractivity contribution in [2.24, 2.45) is 0 Å². The number of hydrogen-bond acceptors (Lipinski definition) is 6. The van der Waals surface area contributed by atoms with E-state index in [-0.39, 0.29) is 12.7 Å². The largest absolute Gasteiger partial charge is 0.487 e. The third-order valence-electron chi connectivity index (χ3n) is 4.87. The van der Waals surface area contributed by atoms with Crippen molar-refractivity contribution in [3.8, 4) is 17.2 Å². The molecule has 0 bridgehead atoms. The van der Waals surface area contributed by atoms with Crippen LogP contribution in [-0.4, -0.2) is 29.1 Å². The van der Waals surface area contributed by atoms with Gasteiger partial charge in [0.15, 0.2) is 11.5 Å². The Bertz CT molecular complexity index is 1090. The number of rotatable bonds is 8.